The highest BCUT2D eigenvalue weighted by Crippen LogP contribution is 2.40. The molecule has 0 saturated carbocycles. The molecule has 2 saturated heterocycles. The Kier molecular flexibility index (Phi) is 17.7. The summed E-state index contributed by atoms with van der Waals surface area (Å²) in [5, 5.41) is 48.0. The lowest BCUT2D eigenvalue weighted by Crippen LogP contribution is -2.61. The first-order chi connectivity index (χ1) is 26.1. The minimum absolute atomic E-state index is 0.115. The molecule has 322 valence electrons. The number of benzene rings is 1. The highest BCUT2D eigenvalue weighted by molar-refractivity contribution is 5.77. The number of ether oxygens (including phenoxy) is 6. The monoisotopic (exact) mass is 797 g/mol. The molecule has 2 heterocycles. The van der Waals surface area contributed by atoms with Crippen LogP contribution in [-0.2, 0) is 44.4 Å². The van der Waals surface area contributed by atoms with Gasteiger partial charge in [0.05, 0.1) is 29.8 Å². The number of hydrogen-bond acceptors (Lipinski definition) is 14. The summed E-state index contributed by atoms with van der Waals surface area (Å²) in [6.45, 7) is 13.6. The second-order valence-electron chi connectivity index (χ2n) is 17.3. The number of carbonyl (C=O) groups is 2. The fourth-order valence-corrected chi connectivity index (χ4v) is 9.17. The van der Waals surface area contributed by atoms with Crippen molar-refractivity contribution in [1.29, 1.82) is 0 Å². The molecule has 56 heavy (non-hydrogen) atoms. The Bertz CT molecular complexity index is 1360. The van der Waals surface area contributed by atoms with E-state index in [1.165, 1.54) is 14.0 Å². The third-order valence-electron chi connectivity index (χ3n) is 12.0. The molecule has 0 aliphatic carbocycles. The summed E-state index contributed by atoms with van der Waals surface area (Å²) >= 11 is 0. The second kappa shape index (κ2) is 20.6. The van der Waals surface area contributed by atoms with Crippen molar-refractivity contribution in [1.82, 2.24) is 9.80 Å². The molecule has 0 spiro atoms. The maximum atomic E-state index is 14.3. The van der Waals surface area contributed by atoms with Crippen LogP contribution in [0, 0.1) is 23.7 Å². The summed E-state index contributed by atoms with van der Waals surface area (Å²) in [6.07, 6.45) is -7.66. The van der Waals surface area contributed by atoms with Crippen LogP contribution in [0.4, 0.5) is 0 Å². The zero-order valence-electron chi connectivity index (χ0n) is 36.0. The van der Waals surface area contributed by atoms with Gasteiger partial charge in [0.1, 0.15) is 30.7 Å². The number of likely N-dealkylation sites (N-methyl/N-ethyl adjacent to an activating group) is 1. The topological polar surface area (TPSA) is 177 Å². The first-order valence-electron chi connectivity index (χ1n) is 20.1. The Labute approximate surface area is 334 Å². The van der Waals surface area contributed by atoms with E-state index >= 15 is 0 Å². The van der Waals surface area contributed by atoms with E-state index in [9.17, 15) is 30.0 Å². The first kappa shape index (κ1) is 48.1. The van der Waals surface area contributed by atoms with E-state index in [4.69, 9.17) is 28.4 Å². The predicted octanol–water partition coefficient (Wildman–Crippen LogP) is 3.00. The molecule has 0 aromatic heterocycles. The summed E-state index contributed by atoms with van der Waals surface area (Å²) < 4.78 is 36.2. The molecule has 3 rings (SSSR count). The van der Waals surface area contributed by atoms with Crippen LogP contribution in [0.5, 0.6) is 0 Å². The summed E-state index contributed by atoms with van der Waals surface area (Å²) in [5.41, 5.74) is -2.76. The Morgan fingerprint density at radius 2 is 1.61 bits per heavy atom. The molecule has 2 aliphatic rings. The second-order valence-corrected chi connectivity index (χ2v) is 17.3. The van der Waals surface area contributed by atoms with Crippen molar-refractivity contribution in [3.63, 3.8) is 0 Å². The Morgan fingerprint density at radius 3 is 2.16 bits per heavy atom. The zero-order valence-corrected chi connectivity index (χ0v) is 36.0. The van der Waals surface area contributed by atoms with Crippen molar-refractivity contribution < 1.29 is 58.4 Å². The van der Waals surface area contributed by atoms with Crippen LogP contribution < -0.4 is 0 Å². The zero-order chi connectivity index (χ0) is 42.3. The van der Waals surface area contributed by atoms with Gasteiger partial charge in [-0.15, -0.1) is 0 Å². The maximum absolute atomic E-state index is 14.3. The lowest BCUT2D eigenvalue weighted by atomic mass is 9.72. The Balaban J connectivity index is 2.22. The minimum Gasteiger partial charge on any atom is -0.459 e. The minimum atomic E-state index is -1.86. The van der Waals surface area contributed by atoms with Gasteiger partial charge in [0, 0.05) is 37.5 Å². The van der Waals surface area contributed by atoms with Gasteiger partial charge in [-0.3, -0.25) is 4.79 Å². The van der Waals surface area contributed by atoms with Crippen molar-refractivity contribution in [3.8, 4) is 0 Å². The van der Waals surface area contributed by atoms with Gasteiger partial charge in [-0.1, -0.05) is 58.0 Å². The summed E-state index contributed by atoms with van der Waals surface area (Å²) in [6, 6.07) is 8.56. The van der Waals surface area contributed by atoms with Gasteiger partial charge in [-0.05, 0) is 86.6 Å². The molecule has 2 aliphatic heterocycles. The molecule has 2 fully saturated rings. The smallest absolute Gasteiger partial charge is 0.336 e. The molecule has 14 heteroatoms. The molecule has 16 atom stereocenters. The highest BCUT2D eigenvalue weighted by Gasteiger charge is 2.53. The number of methoxy groups -OCH3 is 1. The van der Waals surface area contributed by atoms with E-state index in [2.05, 4.69) is 0 Å². The average molecular weight is 797 g/mol. The number of carbonyl (C=O) groups excluding carboxylic acids is 2. The first-order valence-corrected chi connectivity index (χ1v) is 20.1. The van der Waals surface area contributed by atoms with Crippen molar-refractivity contribution in [2.24, 2.45) is 23.7 Å². The lowest BCUT2D eigenvalue weighted by molar-refractivity contribution is -0.300. The van der Waals surface area contributed by atoms with Crippen LogP contribution in [0.3, 0.4) is 0 Å². The molecule has 0 bridgehead atoms. The number of hydrogen-bond donors (Lipinski definition) is 4. The van der Waals surface area contributed by atoms with Crippen LogP contribution in [0.15, 0.2) is 30.3 Å². The average Bonchev–Trinajstić information content (AvgIpc) is 3.12. The van der Waals surface area contributed by atoms with Crippen LogP contribution in [-0.4, -0.2) is 157 Å². The van der Waals surface area contributed by atoms with E-state index in [0.29, 0.717) is 6.42 Å². The number of aliphatic hydroxyl groups excluding tert-OH is 2. The number of esters is 2. The Morgan fingerprint density at radius 1 is 0.982 bits per heavy atom. The lowest BCUT2D eigenvalue weighted by Gasteiger charge is -2.49. The van der Waals surface area contributed by atoms with E-state index in [1.54, 1.807) is 27.7 Å². The van der Waals surface area contributed by atoms with Gasteiger partial charge in [0.2, 0.25) is 0 Å². The molecule has 2 unspecified atom stereocenters. The summed E-state index contributed by atoms with van der Waals surface area (Å²) in [4.78, 5) is 32.3. The molecule has 14 nitrogen and oxygen atoms in total. The van der Waals surface area contributed by atoms with Gasteiger partial charge < -0.3 is 58.6 Å². The quantitative estimate of drug-likeness (QED) is 0.179. The Hall–Kier alpha value is -2.24. The molecule has 4 N–H and O–H groups in total. The van der Waals surface area contributed by atoms with Crippen molar-refractivity contribution in [2.45, 2.75) is 153 Å². The van der Waals surface area contributed by atoms with Gasteiger partial charge >= 0.3 is 11.9 Å². The summed E-state index contributed by atoms with van der Waals surface area (Å²) in [7, 11) is 8.91. The number of nitrogens with zero attached hydrogens (tertiary/aromatic N) is 2. The number of aliphatic hydroxyl groups is 4. The maximum Gasteiger partial charge on any atom is 0.336 e. The molecule has 1 aromatic carbocycles. The molecular weight excluding hydrogens is 724 g/mol. The number of rotatable bonds is 12. The van der Waals surface area contributed by atoms with Crippen molar-refractivity contribution >= 4 is 11.9 Å². The fourth-order valence-electron chi connectivity index (χ4n) is 9.17. The van der Waals surface area contributed by atoms with Crippen LogP contribution >= 0.6 is 0 Å². The van der Waals surface area contributed by atoms with Gasteiger partial charge in [0.25, 0.3) is 0 Å². The van der Waals surface area contributed by atoms with Gasteiger partial charge in [-0.25, -0.2) is 4.79 Å². The third-order valence-corrected chi connectivity index (χ3v) is 12.0. The van der Waals surface area contributed by atoms with E-state index in [1.807, 2.05) is 89.1 Å². The molecule has 0 amide bonds. The van der Waals surface area contributed by atoms with Crippen molar-refractivity contribution in [2.75, 3.05) is 42.1 Å². The standard InChI is InChI=1S/C42H72N2O12/c1-14-32-42(8,50)36(46)26(4)33(44(11)12)24(2)22-41(7,49)37(56-40-34(45)30(43(9)10)20-25(3)53-40)27(5)35(28(6)38(47)54-32)55-39(48)31(52-23-51-13)21-29-18-16-15-17-19-29/h15-19,24-28,30-37,40,45-46,49-50H,14,20-23H2,1-13H3/t24-,25-,26-,27+,28-,30+,31?,32?,33+,34-,35+,36-,37-,40+,41+,42-/m1/s1. The summed E-state index contributed by atoms with van der Waals surface area (Å²) in [5.74, 6) is -4.52. The van der Waals surface area contributed by atoms with Crippen LogP contribution in [0.25, 0.3) is 0 Å². The van der Waals surface area contributed by atoms with Crippen molar-refractivity contribution in [3.05, 3.63) is 35.9 Å². The third kappa shape index (κ3) is 11.7. The molecule has 0 radical (unpaired) electrons. The highest BCUT2D eigenvalue weighted by atomic mass is 16.7. The van der Waals surface area contributed by atoms with E-state index < -0.39 is 83.8 Å². The van der Waals surface area contributed by atoms with Gasteiger partial charge in [0.15, 0.2) is 12.4 Å². The largest absolute Gasteiger partial charge is 0.459 e. The van der Waals surface area contributed by atoms with Crippen LogP contribution in [0.1, 0.15) is 80.2 Å². The SMILES string of the molecule is CCC1OC(=O)[C@H](C)[C@@H](OC(=O)C(Cc2ccccc2)OCOC)[C@H](C)[C@@H](O[C@@H]2O[C@H](C)C[C@H](N(C)C)[C@H]2O)[C@@](C)(O)C[C@@H](C)[C@H](N(C)C)[C@@H](C)[C@@H](O)[C@]1(C)O. The van der Waals surface area contributed by atoms with E-state index in [0.717, 1.165) is 5.56 Å². The number of cyclic esters (lactones) is 1. The normalized spacial score (nSPS) is 39.8. The van der Waals surface area contributed by atoms with Gasteiger partial charge in [-0.2, -0.15) is 0 Å². The van der Waals surface area contributed by atoms with E-state index in [-0.39, 0.29) is 50.2 Å². The fraction of sp³-hybridized carbons (Fsp3) is 0.810. The predicted molar refractivity (Wildman–Crippen MR) is 210 cm³/mol. The van der Waals surface area contributed by atoms with Crippen LogP contribution in [0.2, 0.25) is 0 Å². The molecular formula is C42H72N2O12. The molecule has 1 aromatic rings.